The van der Waals surface area contributed by atoms with Crippen molar-refractivity contribution in [3.63, 3.8) is 0 Å². The van der Waals surface area contributed by atoms with Crippen LogP contribution in [0, 0.1) is 38.4 Å². The fourth-order valence-corrected chi connectivity index (χ4v) is 10.4. The van der Waals surface area contributed by atoms with Gasteiger partial charge in [-0.05, 0) is 102 Å². The molecule has 32 heavy (non-hydrogen) atoms. The van der Waals surface area contributed by atoms with E-state index < -0.39 is 0 Å². The molecule has 9 atom stereocenters. The van der Waals surface area contributed by atoms with Gasteiger partial charge in [-0.1, -0.05) is 71.9 Å². The lowest BCUT2D eigenvalue weighted by atomic mass is 9.27. The van der Waals surface area contributed by atoms with E-state index in [0.29, 0.717) is 5.92 Å². The van der Waals surface area contributed by atoms with Crippen LogP contribution in [0.4, 0.5) is 0 Å². The molecule has 2 nitrogen and oxygen atoms in total. The second-order valence-corrected chi connectivity index (χ2v) is 13.8. The molecule has 0 bridgehead atoms. The second kappa shape index (κ2) is 6.85. The van der Waals surface area contributed by atoms with Crippen LogP contribution in [0.25, 0.3) is 0 Å². The zero-order chi connectivity index (χ0) is 23.2. The molecular formula is C30H46O2. The first-order valence-electron chi connectivity index (χ1n) is 13.3. The summed E-state index contributed by atoms with van der Waals surface area (Å²) < 4.78 is 0. The van der Waals surface area contributed by atoms with Crippen molar-refractivity contribution >= 4 is 0 Å². The van der Waals surface area contributed by atoms with Gasteiger partial charge in [0.15, 0.2) is 0 Å². The summed E-state index contributed by atoms with van der Waals surface area (Å²) in [6.07, 6.45) is 9.55. The lowest BCUT2D eigenvalue weighted by Crippen LogP contribution is -2.70. The summed E-state index contributed by atoms with van der Waals surface area (Å²) in [5.74, 6) is 0.334. The highest BCUT2D eigenvalue weighted by atomic mass is 16.3. The van der Waals surface area contributed by atoms with Crippen molar-refractivity contribution in [3.05, 3.63) is 35.9 Å². The summed E-state index contributed by atoms with van der Waals surface area (Å²) in [7, 11) is 0. The standard InChI is InChI=1S/C30H46O2/c1-25-14-16-29(5)28(4,27(25,3)13-12-23(31)20-25)17-15-26(2)24(32)22(19-30(26,29)6)18-21-10-8-7-9-11-21/h7-11,22-24,31-32H,12-20H2,1-6H3/t22-,23-,24-,25-,26+,27-,28+,29+,30+/m0/s1. The highest BCUT2D eigenvalue weighted by molar-refractivity contribution is 5.27. The molecule has 1 aromatic rings. The molecule has 0 saturated heterocycles. The lowest BCUT2D eigenvalue weighted by Gasteiger charge is -2.77. The van der Waals surface area contributed by atoms with Crippen LogP contribution >= 0.6 is 0 Å². The largest absolute Gasteiger partial charge is 0.393 e. The van der Waals surface area contributed by atoms with E-state index in [1.165, 1.54) is 24.8 Å². The van der Waals surface area contributed by atoms with E-state index in [9.17, 15) is 10.2 Å². The molecular weight excluding hydrogens is 392 g/mol. The fourth-order valence-electron chi connectivity index (χ4n) is 10.4. The average molecular weight is 439 g/mol. The molecule has 4 saturated carbocycles. The van der Waals surface area contributed by atoms with Gasteiger partial charge in [0.25, 0.3) is 0 Å². The fraction of sp³-hybridized carbons (Fsp3) is 0.800. The van der Waals surface area contributed by atoms with Gasteiger partial charge in [0.05, 0.1) is 12.2 Å². The second-order valence-electron chi connectivity index (χ2n) is 13.8. The summed E-state index contributed by atoms with van der Waals surface area (Å²) >= 11 is 0. The maximum atomic E-state index is 11.8. The third kappa shape index (κ3) is 2.50. The van der Waals surface area contributed by atoms with Gasteiger partial charge in [0.1, 0.15) is 0 Å². The minimum Gasteiger partial charge on any atom is -0.393 e. The molecule has 0 spiro atoms. The van der Waals surface area contributed by atoms with Gasteiger partial charge in [0, 0.05) is 0 Å². The molecule has 0 radical (unpaired) electrons. The first-order chi connectivity index (χ1) is 14.9. The Labute approximate surface area is 196 Å². The number of benzene rings is 1. The topological polar surface area (TPSA) is 40.5 Å². The van der Waals surface area contributed by atoms with Crippen molar-refractivity contribution in [3.8, 4) is 0 Å². The Balaban J connectivity index is 1.56. The van der Waals surface area contributed by atoms with Gasteiger partial charge in [-0.2, -0.15) is 0 Å². The lowest BCUT2D eigenvalue weighted by molar-refractivity contribution is -0.292. The van der Waals surface area contributed by atoms with Crippen LogP contribution in [0.2, 0.25) is 0 Å². The maximum absolute atomic E-state index is 11.8. The normalized spacial score (nSPS) is 55.1. The number of rotatable bonds is 2. The van der Waals surface area contributed by atoms with Crippen LogP contribution in [-0.4, -0.2) is 22.4 Å². The smallest absolute Gasteiger partial charge is 0.0630 e. The highest BCUT2D eigenvalue weighted by Gasteiger charge is 2.77. The Kier molecular flexibility index (Phi) is 4.90. The molecule has 5 rings (SSSR count). The van der Waals surface area contributed by atoms with Crippen LogP contribution < -0.4 is 0 Å². The van der Waals surface area contributed by atoms with Crippen molar-refractivity contribution in [1.29, 1.82) is 0 Å². The van der Waals surface area contributed by atoms with Crippen LogP contribution in [-0.2, 0) is 6.42 Å². The van der Waals surface area contributed by atoms with E-state index in [2.05, 4.69) is 71.9 Å². The highest BCUT2D eigenvalue weighted by Crippen LogP contribution is 2.83. The Bertz CT molecular complexity index is 882. The Morgan fingerprint density at radius 3 is 2.03 bits per heavy atom. The average Bonchev–Trinajstić information content (AvgIpc) is 2.95. The quantitative estimate of drug-likeness (QED) is 0.534. The van der Waals surface area contributed by atoms with Crippen molar-refractivity contribution in [2.24, 2.45) is 38.4 Å². The SMILES string of the molecule is C[C@@]12CC[C@]3(C)[C@](C)(CC[C@]4(C)[C@@H](O)[C@@H](Cc5ccccc5)C[C@@]34C)[C@@]1(C)CC[C@H](O)C2. The van der Waals surface area contributed by atoms with Gasteiger partial charge in [-0.3, -0.25) is 0 Å². The van der Waals surface area contributed by atoms with Gasteiger partial charge >= 0.3 is 0 Å². The van der Waals surface area contributed by atoms with Crippen LogP contribution in [0.15, 0.2) is 30.3 Å². The maximum Gasteiger partial charge on any atom is 0.0630 e. The Morgan fingerprint density at radius 1 is 0.719 bits per heavy atom. The Morgan fingerprint density at radius 2 is 1.34 bits per heavy atom. The number of hydrogen-bond acceptors (Lipinski definition) is 2. The molecule has 0 heterocycles. The molecule has 4 fully saturated rings. The summed E-state index contributed by atoms with van der Waals surface area (Å²) in [6, 6.07) is 10.8. The molecule has 2 N–H and O–H groups in total. The summed E-state index contributed by atoms with van der Waals surface area (Å²) in [6.45, 7) is 15.3. The van der Waals surface area contributed by atoms with E-state index in [4.69, 9.17) is 0 Å². The molecule has 1 aromatic carbocycles. The van der Waals surface area contributed by atoms with Crippen LogP contribution in [0.5, 0.6) is 0 Å². The van der Waals surface area contributed by atoms with Crippen LogP contribution in [0.3, 0.4) is 0 Å². The van der Waals surface area contributed by atoms with Crippen LogP contribution in [0.1, 0.15) is 98.5 Å². The minimum atomic E-state index is -0.233. The minimum absolute atomic E-state index is 0.0288. The van der Waals surface area contributed by atoms with Gasteiger partial charge in [-0.25, -0.2) is 0 Å². The predicted octanol–water partition coefficient (Wildman–Crippen LogP) is 6.78. The number of aliphatic hydroxyl groups is 2. The number of fused-ring (bicyclic) bond motifs is 5. The molecule has 178 valence electrons. The molecule has 0 unspecified atom stereocenters. The zero-order valence-electron chi connectivity index (χ0n) is 21.4. The monoisotopic (exact) mass is 438 g/mol. The van der Waals surface area contributed by atoms with Crippen molar-refractivity contribution in [1.82, 2.24) is 0 Å². The third-order valence-corrected chi connectivity index (χ3v) is 13.3. The molecule has 0 aliphatic heterocycles. The van der Waals surface area contributed by atoms with Crippen molar-refractivity contribution < 1.29 is 10.2 Å². The van der Waals surface area contributed by atoms with E-state index >= 15 is 0 Å². The molecule has 0 amide bonds. The molecule has 4 aliphatic rings. The van der Waals surface area contributed by atoms with Gasteiger partial charge < -0.3 is 10.2 Å². The van der Waals surface area contributed by atoms with Crippen molar-refractivity contribution in [2.75, 3.05) is 0 Å². The van der Waals surface area contributed by atoms with E-state index in [1.807, 2.05) is 0 Å². The third-order valence-electron chi connectivity index (χ3n) is 13.3. The molecule has 4 aliphatic carbocycles. The van der Waals surface area contributed by atoms with Gasteiger partial charge in [-0.15, -0.1) is 0 Å². The first kappa shape index (κ1) is 22.9. The molecule has 2 heteroatoms. The summed E-state index contributed by atoms with van der Waals surface area (Å²) in [5, 5.41) is 22.4. The van der Waals surface area contributed by atoms with E-state index in [-0.39, 0.29) is 44.7 Å². The van der Waals surface area contributed by atoms with E-state index in [1.54, 1.807) is 0 Å². The first-order valence-corrected chi connectivity index (χ1v) is 13.3. The summed E-state index contributed by atoms with van der Waals surface area (Å²) in [5.41, 5.74) is 2.31. The zero-order valence-corrected chi connectivity index (χ0v) is 21.4. The predicted molar refractivity (Wildman–Crippen MR) is 131 cm³/mol. The Hall–Kier alpha value is -0.860. The van der Waals surface area contributed by atoms with Crippen molar-refractivity contribution in [2.45, 2.75) is 112 Å². The summed E-state index contributed by atoms with van der Waals surface area (Å²) in [4.78, 5) is 0. The van der Waals surface area contributed by atoms with E-state index in [0.717, 1.165) is 38.5 Å². The number of aliphatic hydroxyl groups excluding tert-OH is 2. The van der Waals surface area contributed by atoms with Gasteiger partial charge in [0.2, 0.25) is 0 Å². The number of hydrogen-bond donors (Lipinski definition) is 2. The molecule has 0 aromatic heterocycles.